The largest absolute Gasteiger partial charge is 0.416 e. The monoisotopic (exact) mass is 568 g/mol. The smallest absolute Gasteiger partial charge is 0.383 e. The summed E-state index contributed by atoms with van der Waals surface area (Å²) in [5.41, 5.74) is -1.42. The second-order valence-electron chi connectivity index (χ2n) is 8.52. The molecular weight excluding hydrogens is 541 g/mol. The van der Waals surface area contributed by atoms with E-state index in [1.54, 1.807) is 18.1 Å². The van der Waals surface area contributed by atoms with Gasteiger partial charge in [-0.2, -0.15) is 23.0 Å². The minimum atomic E-state index is -4.86. The number of hydrogen-bond acceptors (Lipinski definition) is 8. The number of carbonyl (C=O) groups is 2. The van der Waals surface area contributed by atoms with Gasteiger partial charge in [-0.15, -0.1) is 0 Å². The number of aromatic nitrogens is 4. The zero-order valence-electron chi connectivity index (χ0n) is 21.6. The third kappa shape index (κ3) is 7.17. The Morgan fingerprint density at radius 2 is 1.87 bits per heavy atom. The zero-order chi connectivity index (χ0) is 29.0. The molecule has 3 rings (SSSR count). The minimum Gasteiger partial charge on any atom is -0.383 e. The van der Waals surface area contributed by atoms with Gasteiger partial charge >= 0.3 is 6.18 Å². The van der Waals surface area contributed by atoms with E-state index in [1.165, 1.54) is 30.2 Å². The normalized spacial score (nSPS) is 12.7. The summed E-state index contributed by atoms with van der Waals surface area (Å²) in [5, 5.41) is 6.61. The fraction of sp³-hybridized carbons (Fsp3) is 0.375. The van der Waals surface area contributed by atoms with Gasteiger partial charge in [0, 0.05) is 38.2 Å². The fourth-order valence-electron chi connectivity index (χ4n) is 3.60. The molecule has 0 bridgehead atoms. The number of pyridine rings is 1. The van der Waals surface area contributed by atoms with Crippen LogP contribution >= 0.6 is 0 Å². The molecule has 1 aromatic carbocycles. The molecule has 2 aromatic heterocycles. The Balaban J connectivity index is 1.83. The summed E-state index contributed by atoms with van der Waals surface area (Å²) in [6, 6.07) is 4.15. The maximum atomic E-state index is 13.3. The van der Waals surface area contributed by atoms with E-state index in [-0.39, 0.29) is 17.5 Å². The van der Waals surface area contributed by atoms with Crippen molar-refractivity contribution in [2.45, 2.75) is 31.0 Å². The topological polar surface area (TPSA) is 136 Å². The molecule has 0 saturated carbocycles. The summed E-state index contributed by atoms with van der Waals surface area (Å²) in [4.78, 5) is 34.9. The van der Waals surface area contributed by atoms with E-state index < -0.39 is 44.0 Å². The number of benzene rings is 1. The predicted molar refractivity (Wildman–Crippen MR) is 133 cm³/mol. The van der Waals surface area contributed by atoms with Crippen LogP contribution in [0.4, 0.5) is 13.2 Å². The number of likely N-dealkylation sites (N-methyl/N-ethyl adjacent to an activating group) is 1. The van der Waals surface area contributed by atoms with Crippen molar-refractivity contribution in [1.29, 1.82) is 0 Å². The number of methoxy groups -OCH3 is 1. The molecule has 15 heteroatoms. The van der Waals surface area contributed by atoms with Gasteiger partial charge in [0.05, 0.1) is 28.7 Å². The molecule has 0 aliphatic heterocycles. The van der Waals surface area contributed by atoms with Gasteiger partial charge in [0.2, 0.25) is 0 Å². The molecule has 0 unspecified atom stereocenters. The molecule has 3 aromatic rings. The summed E-state index contributed by atoms with van der Waals surface area (Å²) >= 11 is 0. The summed E-state index contributed by atoms with van der Waals surface area (Å²) in [6.45, 7) is 4.64. The maximum Gasteiger partial charge on any atom is 0.416 e. The lowest BCUT2D eigenvalue weighted by atomic mass is 10.1. The lowest BCUT2D eigenvalue weighted by Gasteiger charge is -2.20. The fourth-order valence-corrected chi connectivity index (χ4v) is 4.28. The number of rotatable bonds is 10. The third-order valence-electron chi connectivity index (χ3n) is 5.68. The Kier molecular flexibility index (Phi) is 9.07. The molecule has 1 atom stereocenters. The molecule has 39 heavy (non-hydrogen) atoms. The van der Waals surface area contributed by atoms with Crippen molar-refractivity contribution >= 4 is 21.7 Å². The van der Waals surface area contributed by atoms with Crippen LogP contribution in [0, 0.1) is 0 Å². The van der Waals surface area contributed by atoms with Crippen LogP contribution in [0.1, 0.15) is 52.0 Å². The number of carbonyl (C=O) groups excluding carboxylic acids is 2. The van der Waals surface area contributed by atoms with E-state index in [4.69, 9.17) is 4.74 Å². The molecule has 0 fully saturated rings. The molecule has 2 heterocycles. The van der Waals surface area contributed by atoms with Crippen LogP contribution in [0.5, 0.6) is 0 Å². The number of amides is 2. The number of alkyl halides is 3. The molecule has 1 N–H and O–H groups in total. The van der Waals surface area contributed by atoms with Crippen molar-refractivity contribution in [3.8, 4) is 5.82 Å². The molecule has 11 nitrogen and oxygen atoms in total. The first kappa shape index (κ1) is 29.7. The molecule has 0 aliphatic rings. The van der Waals surface area contributed by atoms with E-state index in [2.05, 4.69) is 20.4 Å². The van der Waals surface area contributed by atoms with Crippen molar-refractivity contribution in [2.24, 2.45) is 0 Å². The average Bonchev–Trinajstić information content (AvgIpc) is 3.38. The molecule has 2 amide bonds. The Labute approximate surface area is 222 Å². The molecule has 0 saturated heterocycles. The van der Waals surface area contributed by atoms with Crippen molar-refractivity contribution < 1.29 is 35.9 Å². The first-order chi connectivity index (χ1) is 18.3. The molecule has 0 radical (unpaired) electrons. The average molecular weight is 569 g/mol. The first-order valence-electron chi connectivity index (χ1n) is 11.6. The molecular formula is C24H27F3N6O5S. The second kappa shape index (κ2) is 11.9. The van der Waals surface area contributed by atoms with Crippen LogP contribution in [0.2, 0.25) is 0 Å². The minimum absolute atomic E-state index is 0.195. The van der Waals surface area contributed by atoms with Crippen LogP contribution in [0.3, 0.4) is 0 Å². The van der Waals surface area contributed by atoms with Crippen molar-refractivity contribution in [1.82, 2.24) is 30.0 Å². The Morgan fingerprint density at radius 1 is 1.15 bits per heavy atom. The predicted octanol–water partition coefficient (Wildman–Crippen LogP) is 2.68. The Hall–Kier alpha value is -3.85. The van der Waals surface area contributed by atoms with Gasteiger partial charge in [0.25, 0.3) is 11.8 Å². The summed E-state index contributed by atoms with van der Waals surface area (Å²) in [7, 11) is -2.48. The molecule has 210 valence electrons. The number of hydrogen-bond donors (Lipinski definition) is 1. The van der Waals surface area contributed by atoms with Crippen LogP contribution in [0.15, 0.2) is 47.8 Å². The number of ether oxygens (including phenoxy) is 1. The highest BCUT2D eigenvalue weighted by atomic mass is 32.2. The highest BCUT2D eigenvalue weighted by Gasteiger charge is 2.33. The van der Waals surface area contributed by atoms with Crippen LogP contribution < -0.4 is 5.32 Å². The summed E-state index contributed by atoms with van der Waals surface area (Å²) < 4.78 is 70.2. The number of nitrogens with zero attached hydrogens (tertiary/aromatic N) is 5. The lowest BCUT2D eigenvalue weighted by Crippen LogP contribution is -2.33. The zero-order valence-corrected chi connectivity index (χ0v) is 22.4. The lowest BCUT2D eigenvalue weighted by molar-refractivity contribution is -0.137. The van der Waals surface area contributed by atoms with Crippen molar-refractivity contribution in [2.75, 3.05) is 33.1 Å². The summed E-state index contributed by atoms with van der Waals surface area (Å²) in [5.74, 6) is -0.709. The molecule has 0 spiro atoms. The van der Waals surface area contributed by atoms with Gasteiger partial charge < -0.3 is 15.0 Å². The van der Waals surface area contributed by atoms with E-state index >= 15 is 0 Å². The van der Waals surface area contributed by atoms with Gasteiger partial charge in [-0.25, -0.2) is 18.4 Å². The first-order valence-corrected chi connectivity index (χ1v) is 13.5. The van der Waals surface area contributed by atoms with Gasteiger partial charge in [-0.1, -0.05) is 0 Å². The molecule has 0 aliphatic carbocycles. The quantitative estimate of drug-likeness (QED) is 0.394. The van der Waals surface area contributed by atoms with Crippen molar-refractivity contribution in [3.63, 3.8) is 0 Å². The highest BCUT2D eigenvalue weighted by molar-refractivity contribution is 7.90. The van der Waals surface area contributed by atoms with E-state index in [9.17, 15) is 31.2 Å². The third-order valence-corrected chi connectivity index (χ3v) is 6.77. The van der Waals surface area contributed by atoms with Gasteiger partial charge in [0.15, 0.2) is 21.5 Å². The highest BCUT2D eigenvalue weighted by Crippen LogP contribution is 2.32. The van der Waals surface area contributed by atoms with Gasteiger partial charge in [0.1, 0.15) is 6.33 Å². The number of halogens is 3. The standard InChI is InChI=1S/C24H27F3N6O5S/c1-5-32(8-9-38-3)23(35)16-6-7-20(28-13-16)33-21(29-14-30-33)15(2)31-22(34)17-10-18(24(25,26)27)12-19(11-17)39(4,36)37/h6-7,10-15H,5,8-9H2,1-4H3,(H,31,34)/t15-/m0/s1. The number of sulfone groups is 1. The SMILES string of the molecule is CCN(CCOC)C(=O)c1ccc(-n2ncnc2[C@H](C)NC(=O)c2cc(C(F)(F)F)cc(S(C)(=O)=O)c2)nc1. The second-order valence-corrected chi connectivity index (χ2v) is 10.5. The number of nitrogens with one attached hydrogen (secondary N) is 1. The van der Waals surface area contributed by atoms with Crippen molar-refractivity contribution in [3.05, 3.63) is 65.4 Å². The van der Waals surface area contributed by atoms with E-state index in [0.29, 0.717) is 37.4 Å². The maximum absolute atomic E-state index is 13.3. The Morgan fingerprint density at radius 3 is 2.44 bits per heavy atom. The van der Waals surface area contributed by atoms with Gasteiger partial charge in [-0.3, -0.25) is 9.59 Å². The van der Waals surface area contributed by atoms with Gasteiger partial charge in [-0.05, 0) is 44.2 Å². The van der Waals surface area contributed by atoms with E-state index in [0.717, 1.165) is 12.3 Å². The van der Waals surface area contributed by atoms with Crippen LogP contribution in [-0.4, -0.2) is 77.9 Å². The van der Waals surface area contributed by atoms with Crippen LogP contribution in [-0.2, 0) is 20.8 Å². The van der Waals surface area contributed by atoms with E-state index in [1.807, 2.05) is 6.92 Å². The Bertz CT molecular complexity index is 1440. The van der Waals surface area contributed by atoms with Crippen LogP contribution in [0.25, 0.3) is 5.82 Å². The summed E-state index contributed by atoms with van der Waals surface area (Å²) in [6.07, 6.45) is -1.54.